The molecule has 0 unspecified atom stereocenters. The van der Waals surface area contributed by atoms with Gasteiger partial charge in [0.25, 0.3) is 0 Å². The number of rotatable bonds is 6. The first-order chi connectivity index (χ1) is 17.6. The molecule has 1 saturated heterocycles. The van der Waals surface area contributed by atoms with Crippen molar-refractivity contribution in [3.8, 4) is 11.8 Å². The average molecular weight is 500 g/mol. The zero-order valence-electron chi connectivity index (χ0n) is 20.2. The summed E-state index contributed by atoms with van der Waals surface area (Å²) < 4.78 is 9.38. The molecular weight excluding hydrogens is 474 g/mol. The lowest BCUT2D eigenvalue weighted by Crippen LogP contribution is -2.38. The van der Waals surface area contributed by atoms with Crippen LogP contribution in [0.15, 0.2) is 54.6 Å². The SMILES string of the molecule is Cc1nn(Cc2ccccc2Cl)c(C)c1/C=C(\C#N)c1nnc(N2CCOCC2)n1-c1ccccc1. The molecule has 8 nitrogen and oxygen atoms in total. The van der Waals surface area contributed by atoms with Crippen molar-refractivity contribution in [3.63, 3.8) is 0 Å². The summed E-state index contributed by atoms with van der Waals surface area (Å²) >= 11 is 6.38. The number of benzene rings is 2. The van der Waals surface area contributed by atoms with E-state index in [0.29, 0.717) is 55.2 Å². The average Bonchev–Trinajstić information content (AvgIpc) is 3.46. The van der Waals surface area contributed by atoms with E-state index in [1.807, 2.05) is 83.8 Å². The summed E-state index contributed by atoms with van der Waals surface area (Å²) in [6.45, 7) is 7.16. The van der Waals surface area contributed by atoms with Crippen LogP contribution in [-0.2, 0) is 11.3 Å². The van der Waals surface area contributed by atoms with E-state index in [0.717, 1.165) is 28.2 Å². The number of aryl methyl sites for hydroxylation is 1. The molecule has 0 bridgehead atoms. The minimum Gasteiger partial charge on any atom is -0.378 e. The lowest BCUT2D eigenvalue weighted by atomic mass is 10.1. The Morgan fingerprint density at radius 1 is 1.06 bits per heavy atom. The largest absolute Gasteiger partial charge is 0.378 e. The predicted octanol–water partition coefficient (Wildman–Crippen LogP) is 4.68. The van der Waals surface area contributed by atoms with Crippen LogP contribution in [0.25, 0.3) is 17.3 Å². The van der Waals surface area contributed by atoms with Crippen LogP contribution in [0.2, 0.25) is 5.02 Å². The van der Waals surface area contributed by atoms with Crippen molar-refractivity contribution in [3.05, 3.63) is 88.0 Å². The Labute approximate surface area is 215 Å². The van der Waals surface area contributed by atoms with E-state index in [9.17, 15) is 5.26 Å². The van der Waals surface area contributed by atoms with Crippen LogP contribution in [0.5, 0.6) is 0 Å². The fraction of sp³-hybridized carbons (Fsp3) is 0.259. The Hall–Kier alpha value is -3.93. The molecular formula is C27H26ClN7O. The highest BCUT2D eigenvalue weighted by Gasteiger charge is 2.24. The molecule has 1 aliphatic heterocycles. The molecule has 0 amide bonds. The van der Waals surface area contributed by atoms with Crippen LogP contribution in [0.4, 0.5) is 5.95 Å². The lowest BCUT2D eigenvalue weighted by molar-refractivity contribution is 0.122. The molecule has 0 atom stereocenters. The molecule has 0 spiro atoms. The second-order valence-electron chi connectivity index (χ2n) is 8.60. The van der Waals surface area contributed by atoms with E-state index < -0.39 is 0 Å². The van der Waals surface area contributed by atoms with E-state index in [4.69, 9.17) is 21.4 Å². The Morgan fingerprint density at radius 3 is 2.50 bits per heavy atom. The number of allylic oxidation sites excluding steroid dienone is 1. The molecule has 182 valence electrons. The van der Waals surface area contributed by atoms with Crippen LogP contribution in [0.1, 0.15) is 28.3 Å². The fourth-order valence-electron chi connectivity index (χ4n) is 4.39. The molecule has 3 heterocycles. The molecule has 0 saturated carbocycles. The Morgan fingerprint density at radius 2 is 1.78 bits per heavy atom. The smallest absolute Gasteiger partial charge is 0.232 e. The third-order valence-corrected chi connectivity index (χ3v) is 6.69. The van der Waals surface area contributed by atoms with Crippen molar-refractivity contribution in [1.29, 1.82) is 5.26 Å². The van der Waals surface area contributed by atoms with E-state index in [2.05, 4.69) is 21.2 Å². The summed E-state index contributed by atoms with van der Waals surface area (Å²) in [5.41, 5.74) is 4.94. The van der Waals surface area contributed by atoms with Gasteiger partial charge in [0.05, 0.1) is 36.7 Å². The van der Waals surface area contributed by atoms with Gasteiger partial charge in [-0.1, -0.05) is 48.0 Å². The number of hydrogen-bond acceptors (Lipinski definition) is 6. The van der Waals surface area contributed by atoms with Crippen molar-refractivity contribution >= 4 is 29.2 Å². The summed E-state index contributed by atoms with van der Waals surface area (Å²) in [4.78, 5) is 2.14. The standard InChI is InChI=1S/C27H26ClN7O/c1-19-24(20(2)34(32-19)18-21-8-6-7-11-25(21)28)16-22(17-29)26-30-31-27(33-12-14-36-15-13-33)35(26)23-9-4-3-5-10-23/h3-11,16H,12-15,18H2,1-2H3/b22-16+. The van der Waals surface area contributed by atoms with Gasteiger partial charge in [-0.15, -0.1) is 10.2 Å². The van der Waals surface area contributed by atoms with Crippen molar-refractivity contribution in [2.75, 3.05) is 31.2 Å². The minimum absolute atomic E-state index is 0.411. The number of para-hydroxylation sites is 1. The van der Waals surface area contributed by atoms with Crippen LogP contribution in [-0.4, -0.2) is 50.8 Å². The minimum atomic E-state index is 0.411. The highest BCUT2D eigenvalue weighted by molar-refractivity contribution is 6.31. The summed E-state index contributed by atoms with van der Waals surface area (Å²) in [5, 5.41) is 24.6. The van der Waals surface area contributed by atoms with E-state index in [1.54, 1.807) is 0 Å². The van der Waals surface area contributed by atoms with E-state index >= 15 is 0 Å². The van der Waals surface area contributed by atoms with Crippen LogP contribution in [0.3, 0.4) is 0 Å². The third kappa shape index (κ3) is 4.63. The van der Waals surface area contributed by atoms with Crippen molar-refractivity contribution in [1.82, 2.24) is 24.5 Å². The van der Waals surface area contributed by atoms with Gasteiger partial charge in [0.15, 0.2) is 5.82 Å². The predicted molar refractivity (Wildman–Crippen MR) is 140 cm³/mol. The number of anilines is 1. The number of morpholine rings is 1. The molecule has 4 aromatic rings. The van der Waals surface area contributed by atoms with Crippen molar-refractivity contribution < 1.29 is 4.74 Å². The van der Waals surface area contributed by atoms with Crippen LogP contribution < -0.4 is 4.90 Å². The van der Waals surface area contributed by atoms with Gasteiger partial charge in [-0.05, 0) is 43.7 Å². The Bertz CT molecular complexity index is 1440. The molecule has 0 radical (unpaired) electrons. The quantitative estimate of drug-likeness (QED) is 0.358. The summed E-state index contributed by atoms with van der Waals surface area (Å²) in [6, 6.07) is 20.0. The number of ether oxygens (including phenoxy) is 1. The Kier molecular flexibility index (Phi) is 6.85. The normalized spacial score (nSPS) is 14.2. The number of hydrogen-bond donors (Lipinski definition) is 0. The lowest BCUT2D eigenvalue weighted by Gasteiger charge is -2.28. The second-order valence-corrected chi connectivity index (χ2v) is 9.00. The summed E-state index contributed by atoms with van der Waals surface area (Å²) in [5.74, 6) is 1.19. The maximum Gasteiger partial charge on any atom is 0.232 e. The number of nitriles is 1. The second kappa shape index (κ2) is 10.4. The third-order valence-electron chi connectivity index (χ3n) is 6.32. The number of halogens is 1. The van der Waals surface area contributed by atoms with E-state index in [-0.39, 0.29) is 0 Å². The van der Waals surface area contributed by atoms with E-state index in [1.165, 1.54) is 0 Å². The molecule has 2 aromatic carbocycles. The van der Waals surface area contributed by atoms with Gasteiger partial charge >= 0.3 is 0 Å². The Balaban J connectivity index is 1.57. The van der Waals surface area contributed by atoms with Gasteiger partial charge in [-0.2, -0.15) is 10.4 Å². The zero-order chi connectivity index (χ0) is 25.1. The molecule has 9 heteroatoms. The molecule has 0 N–H and O–H groups in total. The topological polar surface area (TPSA) is 84.8 Å². The first kappa shape index (κ1) is 23.8. The van der Waals surface area contributed by atoms with Gasteiger partial charge in [-0.25, -0.2) is 0 Å². The first-order valence-electron chi connectivity index (χ1n) is 11.8. The molecule has 1 fully saturated rings. The summed E-state index contributed by atoms with van der Waals surface area (Å²) in [7, 11) is 0. The monoisotopic (exact) mass is 499 g/mol. The van der Waals surface area contributed by atoms with Crippen molar-refractivity contribution in [2.24, 2.45) is 0 Å². The maximum atomic E-state index is 10.2. The number of nitrogens with zero attached hydrogens (tertiary/aromatic N) is 7. The highest BCUT2D eigenvalue weighted by Crippen LogP contribution is 2.28. The maximum absolute atomic E-state index is 10.2. The highest BCUT2D eigenvalue weighted by atomic mass is 35.5. The van der Waals surface area contributed by atoms with Crippen molar-refractivity contribution in [2.45, 2.75) is 20.4 Å². The van der Waals surface area contributed by atoms with Gasteiger partial charge in [-0.3, -0.25) is 9.25 Å². The molecule has 36 heavy (non-hydrogen) atoms. The molecule has 2 aromatic heterocycles. The van der Waals surface area contributed by atoms with Crippen LogP contribution in [0, 0.1) is 25.2 Å². The fourth-order valence-corrected chi connectivity index (χ4v) is 4.58. The zero-order valence-corrected chi connectivity index (χ0v) is 21.0. The van der Waals surface area contributed by atoms with Crippen LogP contribution >= 0.6 is 11.6 Å². The molecule has 5 rings (SSSR count). The molecule has 1 aliphatic rings. The number of aromatic nitrogens is 5. The van der Waals surface area contributed by atoms with Gasteiger partial charge < -0.3 is 9.64 Å². The van der Waals surface area contributed by atoms with Gasteiger partial charge in [0.2, 0.25) is 5.95 Å². The van der Waals surface area contributed by atoms with Gasteiger partial charge in [0.1, 0.15) is 6.07 Å². The van der Waals surface area contributed by atoms with Gasteiger partial charge in [0, 0.05) is 29.4 Å². The summed E-state index contributed by atoms with van der Waals surface area (Å²) in [6.07, 6.45) is 1.85. The first-order valence-corrected chi connectivity index (χ1v) is 12.2. The molecule has 0 aliphatic carbocycles.